The summed E-state index contributed by atoms with van der Waals surface area (Å²) < 4.78 is 39.3. The van der Waals surface area contributed by atoms with Crippen LogP contribution < -0.4 is 10.0 Å². The molecule has 0 aliphatic carbocycles. The van der Waals surface area contributed by atoms with E-state index in [2.05, 4.69) is 10.0 Å². The van der Waals surface area contributed by atoms with Gasteiger partial charge >= 0.3 is 5.97 Å². The average Bonchev–Trinajstić information content (AvgIpc) is 2.70. The topological polar surface area (TPSA) is 111 Å². The van der Waals surface area contributed by atoms with Crippen LogP contribution in [-0.4, -0.2) is 44.1 Å². The summed E-state index contributed by atoms with van der Waals surface area (Å²) in [5.41, 5.74) is 0.589. The molecule has 8 nitrogen and oxygen atoms in total. The highest BCUT2D eigenvalue weighted by molar-refractivity contribution is 7.89. The lowest BCUT2D eigenvalue weighted by atomic mass is 10.1. The van der Waals surface area contributed by atoms with E-state index in [1.807, 2.05) is 19.1 Å². The van der Waals surface area contributed by atoms with Gasteiger partial charge in [0, 0.05) is 11.3 Å². The van der Waals surface area contributed by atoms with Gasteiger partial charge in [0.25, 0.3) is 5.91 Å². The predicted molar refractivity (Wildman–Crippen MR) is 131 cm³/mol. The molecule has 0 fully saturated rings. The second kappa shape index (κ2) is 10.7. The Labute approximate surface area is 202 Å². The Bertz CT molecular complexity index is 1100. The summed E-state index contributed by atoms with van der Waals surface area (Å²) in [7, 11) is -4.07. The second-order valence-electron chi connectivity index (χ2n) is 9.98. The monoisotopic (exact) mass is 490 g/mol. The number of carbonyl (C=O) groups is 2. The zero-order valence-corrected chi connectivity index (χ0v) is 21.6. The second-order valence-corrected chi connectivity index (χ2v) is 11.7. The number of carbonyl (C=O) groups excluding carboxylic acids is 2. The molecule has 0 radical (unpaired) electrons. The summed E-state index contributed by atoms with van der Waals surface area (Å²) in [6.45, 7) is 12.2. The maximum absolute atomic E-state index is 13.0. The predicted octanol–water partition coefficient (Wildman–Crippen LogP) is 4.05. The van der Waals surface area contributed by atoms with Crippen molar-refractivity contribution in [1.29, 1.82) is 0 Å². The molecule has 2 rings (SSSR count). The molecule has 0 heterocycles. The number of esters is 1. The molecule has 0 aliphatic rings. The zero-order chi connectivity index (χ0) is 25.7. The molecule has 9 heteroatoms. The summed E-state index contributed by atoms with van der Waals surface area (Å²) in [6, 6.07) is 11.5. The fourth-order valence-electron chi connectivity index (χ4n) is 2.74. The standard InChI is InChI=1S/C25H34N2O6S/c1-17-8-10-18(11-9-17)22(28)26-19-12-14-20(15-13-19)34(30,31)27-21(16-32-24(2,3)4)23(29)33-25(5,6)7/h8-15,21,27H,16H2,1-7H3,(H,26,28). The van der Waals surface area contributed by atoms with E-state index in [1.165, 1.54) is 24.3 Å². The van der Waals surface area contributed by atoms with Gasteiger partial charge < -0.3 is 14.8 Å². The number of hydrogen-bond acceptors (Lipinski definition) is 6. The van der Waals surface area contributed by atoms with Crippen molar-refractivity contribution in [3.63, 3.8) is 0 Å². The van der Waals surface area contributed by atoms with Crippen LogP contribution in [0.4, 0.5) is 5.69 Å². The Hall–Kier alpha value is -2.75. The minimum atomic E-state index is -4.07. The van der Waals surface area contributed by atoms with Gasteiger partial charge in [-0.3, -0.25) is 9.59 Å². The van der Waals surface area contributed by atoms with Crippen molar-refractivity contribution >= 4 is 27.6 Å². The maximum Gasteiger partial charge on any atom is 0.327 e. The highest BCUT2D eigenvalue weighted by Crippen LogP contribution is 2.18. The normalized spacial score (nSPS) is 13.3. The Morgan fingerprint density at radius 3 is 1.94 bits per heavy atom. The van der Waals surface area contributed by atoms with Crippen LogP contribution >= 0.6 is 0 Å². The lowest BCUT2D eigenvalue weighted by molar-refractivity contribution is -0.159. The molecular weight excluding hydrogens is 456 g/mol. The van der Waals surface area contributed by atoms with Gasteiger partial charge in [-0.15, -0.1) is 0 Å². The van der Waals surface area contributed by atoms with Crippen LogP contribution in [0.25, 0.3) is 0 Å². The van der Waals surface area contributed by atoms with Gasteiger partial charge in [-0.25, -0.2) is 8.42 Å². The number of ether oxygens (including phenoxy) is 2. The van der Waals surface area contributed by atoms with E-state index in [9.17, 15) is 18.0 Å². The SMILES string of the molecule is Cc1ccc(C(=O)Nc2ccc(S(=O)(=O)NC(COC(C)(C)C)C(=O)OC(C)(C)C)cc2)cc1. The van der Waals surface area contributed by atoms with Crippen molar-refractivity contribution in [2.24, 2.45) is 0 Å². The van der Waals surface area contributed by atoms with Crippen LogP contribution in [0.5, 0.6) is 0 Å². The number of nitrogens with one attached hydrogen (secondary N) is 2. The minimum Gasteiger partial charge on any atom is -0.459 e. The molecule has 1 amide bonds. The van der Waals surface area contributed by atoms with Crippen LogP contribution in [0.1, 0.15) is 57.5 Å². The third kappa shape index (κ3) is 8.89. The van der Waals surface area contributed by atoms with Crippen LogP contribution in [0.2, 0.25) is 0 Å². The van der Waals surface area contributed by atoms with Crippen molar-refractivity contribution in [2.45, 2.75) is 70.6 Å². The molecule has 2 N–H and O–H groups in total. The van der Waals surface area contributed by atoms with Crippen molar-refractivity contribution in [3.05, 3.63) is 59.7 Å². The fraction of sp³-hybridized carbons (Fsp3) is 0.440. The van der Waals surface area contributed by atoms with Gasteiger partial charge in [0.15, 0.2) is 0 Å². The van der Waals surface area contributed by atoms with Gasteiger partial charge in [-0.2, -0.15) is 4.72 Å². The Morgan fingerprint density at radius 1 is 0.882 bits per heavy atom. The van der Waals surface area contributed by atoms with Crippen molar-refractivity contribution < 1.29 is 27.5 Å². The van der Waals surface area contributed by atoms with Crippen molar-refractivity contribution in [3.8, 4) is 0 Å². The first kappa shape index (κ1) is 27.5. The van der Waals surface area contributed by atoms with E-state index >= 15 is 0 Å². The van der Waals surface area contributed by atoms with Gasteiger partial charge in [0.2, 0.25) is 10.0 Å². The summed E-state index contributed by atoms with van der Waals surface area (Å²) in [4.78, 5) is 25.0. The molecule has 0 saturated heterocycles. The number of aryl methyl sites for hydroxylation is 1. The average molecular weight is 491 g/mol. The molecule has 2 aromatic rings. The molecule has 1 atom stereocenters. The number of amides is 1. The van der Waals surface area contributed by atoms with E-state index in [0.717, 1.165) is 5.56 Å². The Morgan fingerprint density at radius 2 is 1.44 bits per heavy atom. The first-order valence-electron chi connectivity index (χ1n) is 10.9. The number of anilines is 1. The molecule has 0 spiro atoms. The summed E-state index contributed by atoms with van der Waals surface area (Å²) in [5, 5.41) is 2.73. The molecule has 186 valence electrons. The van der Waals surface area contributed by atoms with Gasteiger partial charge in [0.05, 0.1) is 17.1 Å². The molecular formula is C25H34N2O6S. The molecule has 34 heavy (non-hydrogen) atoms. The van der Waals surface area contributed by atoms with E-state index in [1.54, 1.807) is 53.7 Å². The van der Waals surface area contributed by atoms with Gasteiger partial charge in [-0.1, -0.05) is 17.7 Å². The molecule has 0 aliphatic heterocycles. The van der Waals surface area contributed by atoms with E-state index < -0.39 is 33.2 Å². The number of rotatable bonds is 8. The quantitative estimate of drug-likeness (QED) is 0.540. The molecule has 0 bridgehead atoms. The van der Waals surface area contributed by atoms with Gasteiger partial charge in [0.1, 0.15) is 11.6 Å². The van der Waals surface area contributed by atoms with E-state index in [0.29, 0.717) is 11.3 Å². The Kier molecular flexibility index (Phi) is 8.63. The van der Waals surface area contributed by atoms with Crippen LogP contribution in [0.3, 0.4) is 0 Å². The molecule has 0 aromatic heterocycles. The van der Waals surface area contributed by atoms with Crippen LogP contribution in [0.15, 0.2) is 53.4 Å². The Balaban J connectivity index is 2.15. The molecule has 0 saturated carbocycles. The lowest BCUT2D eigenvalue weighted by Crippen LogP contribution is -2.48. The lowest BCUT2D eigenvalue weighted by Gasteiger charge is -2.27. The zero-order valence-electron chi connectivity index (χ0n) is 20.8. The number of benzene rings is 2. The molecule has 2 aromatic carbocycles. The first-order chi connectivity index (χ1) is 15.6. The maximum atomic E-state index is 13.0. The number of sulfonamides is 1. The third-order valence-electron chi connectivity index (χ3n) is 4.41. The van der Waals surface area contributed by atoms with Crippen LogP contribution in [0, 0.1) is 6.92 Å². The van der Waals surface area contributed by atoms with Crippen LogP contribution in [-0.2, 0) is 24.3 Å². The number of hydrogen-bond donors (Lipinski definition) is 2. The minimum absolute atomic E-state index is 0.0647. The van der Waals surface area contributed by atoms with Crippen molar-refractivity contribution in [2.75, 3.05) is 11.9 Å². The smallest absolute Gasteiger partial charge is 0.327 e. The summed E-state index contributed by atoms with van der Waals surface area (Å²) in [5.74, 6) is -1.04. The highest BCUT2D eigenvalue weighted by Gasteiger charge is 2.31. The highest BCUT2D eigenvalue weighted by atomic mass is 32.2. The van der Waals surface area contributed by atoms with Gasteiger partial charge in [-0.05, 0) is 84.9 Å². The molecule has 1 unspecified atom stereocenters. The van der Waals surface area contributed by atoms with Crippen molar-refractivity contribution in [1.82, 2.24) is 4.72 Å². The largest absolute Gasteiger partial charge is 0.459 e. The van der Waals surface area contributed by atoms with E-state index in [4.69, 9.17) is 9.47 Å². The van der Waals surface area contributed by atoms with E-state index in [-0.39, 0.29) is 17.4 Å². The first-order valence-corrected chi connectivity index (χ1v) is 12.4. The summed E-state index contributed by atoms with van der Waals surface area (Å²) >= 11 is 0. The summed E-state index contributed by atoms with van der Waals surface area (Å²) in [6.07, 6.45) is 0. The third-order valence-corrected chi connectivity index (χ3v) is 5.90. The fourth-order valence-corrected chi connectivity index (χ4v) is 3.91.